The first kappa shape index (κ1) is 20.6. The van der Waals surface area contributed by atoms with E-state index >= 15 is 0 Å². The maximum absolute atomic E-state index is 13.3. The fraction of sp³-hybridized carbons (Fsp3) is 0.375. The summed E-state index contributed by atoms with van der Waals surface area (Å²) >= 11 is 0. The van der Waals surface area contributed by atoms with Gasteiger partial charge < -0.3 is 9.80 Å². The maximum atomic E-state index is 13.3. The van der Waals surface area contributed by atoms with E-state index in [1.54, 1.807) is 9.80 Å². The molecule has 2 amide bonds. The second-order valence-corrected chi connectivity index (χ2v) is 7.70. The first-order chi connectivity index (χ1) is 13.9. The summed E-state index contributed by atoms with van der Waals surface area (Å²) in [5.41, 5.74) is 4.10. The molecular weight excluding hydrogens is 362 g/mol. The second kappa shape index (κ2) is 8.91. The molecule has 2 atom stereocenters. The number of aryl methyl sites for hydroxylation is 2. The topological polar surface area (TPSA) is 64.4 Å². The minimum Gasteiger partial charge on any atom is -0.335 e. The van der Waals surface area contributed by atoms with E-state index in [9.17, 15) is 9.59 Å². The number of carbonyl (C=O) groups excluding carboxylic acids is 2. The van der Waals surface area contributed by atoms with Crippen LogP contribution in [-0.2, 0) is 9.59 Å². The summed E-state index contributed by atoms with van der Waals surface area (Å²) in [7, 11) is 0. The zero-order chi connectivity index (χ0) is 21.0. The molecule has 1 aliphatic heterocycles. The maximum Gasteiger partial charge on any atom is 0.232 e. The Morgan fingerprint density at radius 1 is 1.21 bits per heavy atom. The fourth-order valence-electron chi connectivity index (χ4n) is 3.83. The minimum absolute atomic E-state index is 0.0000212. The standard InChI is InChI=1S/C24H27N3O2/c1-17-10-11-22(14-18(17)2)26(13-7-12-25)24(29)21-15-23(28)27(16-21)19(3)20-8-5-4-6-9-20/h4-6,8-11,14,19,21H,7,13,15-16H2,1-3H3. The number of hydrogen-bond acceptors (Lipinski definition) is 3. The van der Waals surface area contributed by atoms with Crippen molar-refractivity contribution >= 4 is 17.5 Å². The summed E-state index contributed by atoms with van der Waals surface area (Å²) in [6.07, 6.45) is 0.466. The second-order valence-electron chi connectivity index (χ2n) is 7.70. The molecule has 1 aliphatic rings. The van der Waals surface area contributed by atoms with Crippen molar-refractivity contribution < 1.29 is 9.59 Å². The molecule has 2 aromatic rings. The molecule has 0 bridgehead atoms. The van der Waals surface area contributed by atoms with Gasteiger partial charge in [0.25, 0.3) is 0 Å². The molecule has 0 saturated carbocycles. The Morgan fingerprint density at radius 3 is 2.59 bits per heavy atom. The van der Waals surface area contributed by atoms with Gasteiger partial charge in [-0.2, -0.15) is 5.26 Å². The third-order valence-corrected chi connectivity index (χ3v) is 5.77. The van der Waals surface area contributed by atoms with Gasteiger partial charge in [0.1, 0.15) is 0 Å². The van der Waals surface area contributed by atoms with Crippen LogP contribution < -0.4 is 4.90 Å². The Balaban J connectivity index is 1.80. The molecule has 5 heteroatoms. The average Bonchev–Trinajstić information content (AvgIpc) is 3.12. The van der Waals surface area contributed by atoms with Crippen LogP contribution in [0.25, 0.3) is 0 Å². The molecule has 3 rings (SSSR count). The third kappa shape index (κ3) is 4.48. The SMILES string of the molecule is Cc1ccc(N(CCC#N)C(=O)C2CC(=O)N(C(C)c3ccccc3)C2)cc1C. The van der Waals surface area contributed by atoms with Crippen LogP contribution >= 0.6 is 0 Å². The highest BCUT2D eigenvalue weighted by Crippen LogP contribution is 2.31. The van der Waals surface area contributed by atoms with E-state index in [1.807, 2.05) is 69.3 Å². The van der Waals surface area contributed by atoms with Crippen LogP contribution in [0, 0.1) is 31.1 Å². The van der Waals surface area contributed by atoms with E-state index in [1.165, 1.54) is 0 Å². The molecule has 0 N–H and O–H groups in total. The van der Waals surface area contributed by atoms with E-state index in [0.29, 0.717) is 13.1 Å². The highest BCUT2D eigenvalue weighted by Gasteiger charge is 2.39. The van der Waals surface area contributed by atoms with Gasteiger partial charge in [0.2, 0.25) is 11.8 Å². The number of carbonyl (C=O) groups is 2. The smallest absolute Gasteiger partial charge is 0.232 e. The molecule has 1 heterocycles. The molecule has 150 valence electrons. The lowest BCUT2D eigenvalue weighted by molar-refractivity contribution is -0.130. The highest BCUT2D eigenvalue weighted by atomic mass is 16.2. The molecule has 1 saturated heterocycles. The van der Waals surface area contributed by atoms with Crippen molar-refractivity contribution in [2.45, 2.75) is 39.7 Å². The molecule has 0 spiro atoms. The zero-order valence-electron chi connectivity index (χ0n) is 17.3. The van der Waals surface area contributed by atoms with Gasteiger partial charge in [-0.3, -0.25) is 9.59 Å². The van der Waals surface area contributed by atoms with Gasteiger partial charge in [-0.1, -0.05) is 36.4 Å². The number of likely N-dealkylation sites (tertiary alicyclic amines) is 1. The molecule has 2 unspecified atom stereocenters. The van der Waals surface area contributed by atoms with E-state index < -0.39 is 5.92 Å². The van der Waals surface area contributed by atoms with Gasteiger partial charge in [-0.25, -0.2) is 0 Å². The molecule has 0 aromatic heterocycles. The first-order valence-electron chi connectivity index (χ1n) is 10.0. The molecule has 1 fully saturated rings. The summed E-state index contributed by atoms with van der Waals surface area (Å²) in [6, 6.07) is 17.8. The van der Waals surface area contributed by atoms with Crippen molar-refractivity contribution in [2.24, 2.45) is 5.92 Å². The third-order valence-electron chi connectivity index (χ3n) is 5.77. The van der Waals surface area contributed by atoms with Crippen LogP contribution in [0.3, 0.4) is 0 Å². The zero-order valence-corrected chi connectivity index (χ0v) is 17.3. The monoisotopic (exact) mass is 389 g/mol. The Bertz CT molecular complexity index is 933. The molecule has 0 aliphatic carbocycles. The minimum atomic E-state index is -0.394. The van der Waals surface area contributed by atoms with Gasteiger partial charge in [0.15, 0.2) is 0 Å². The lowest BCUT2D eigenvalue weighted by atomic mass is 10.0. The Morgan fingerprint density at radius 2 is 1.93 bits per heavy atom. The van der Waals surface area contributed by atoms with Gasteiger partial charge in [0.05, 0.1) is 24.4 Å². The predicted molar refractivity (Wildman–Crippen MR) is 113 cm³/mol. The number of amides is 2. The van der Waals surface area contributed by atoms with Crippen LogP contribution in [0.4, 0.5) is 5.69 Å². The van der Waals surface area contributed by atoms with Crippen LogP contribution in [0.2, 0.25) is 0 Å². The van der Waals surface area contributed by atoms with Crippen LogP contribution in [-0.4, -0.2) is 29.8 Å². The summed E-state index contributed by atoms with van der Waals surface area (Å²) in [5.74, 6) is -0.478. The number of anilines is 1. The van der Waals surface area contributed by atoms with E-state index in [4.69, 9.17) is 5.26 Å². The highest BCUT2D eigenvalue weighted by molar-refractivity contribution is 5.99. The number of nitrogens with zero attached hydrogens (tertiary/aromatic N) is 3. The number of nitriles is 1. The van der Waals surface area contributed by atoms with Crippen molar-refractivity contribution in [3.05, 3.63) is 65.2 Å². The lowest BCUT2D eigenvalue weighted by Gasteiger charge is -2.27. The lowest BCUT2D eigenvalue weighted by Crippen LogP contribution is -2.38. The van der Waals surface area contributed by atoms with E-state index in [0.717, 1.165) is 22.4 Å². The van der Waals surface area contributed by atoms with Crippen molar-refractivity contribution in [1.82, 2.24) is 4.90 Å². The average molecular weight is 389 g/mol. The van der Waals surface area contributed by atoms with Gasteiger partial charge in [0, 0.05) is 25.2 Å². The van der Waals surface area contributed by atoms with Gasteiger partial charge in [-0.15, -0.1) is 0 Å². The van der Waals surface area contributed by atoms with E-state index in [-0.39, 0.29) is 30.7 Å². The fourth-order valence-corrected chi connectivity index (χ4v) is 3.83. The largest absolute Gasteiger partial charge is 0.335 e. The van der Waals surface area contributed by atoms with Gasteiger partial charge in [-0.05, 0) is 49.6 Å². The number of hydrogen-bond donors (Lipinski definition) is 0. The molecular formula is C24H27N3O2. The van der Waals surface area contributed by atoms with Crippen molar-refractivity contribution in [2.75, 3.05) is 18.0 Å². The van der Waals surface area contributed by atoms with Crippen molar-refractivity contribution in [3.8, 4) is 6.07 Å². The summed E-state index contributed by atoms with van der Waals surface area (Å²) in [5, 5.41) is 9.04. The van der Waals surface area contributed by atoms with Gasteiger partial charge >= 0.3 is 0 Å². The molecule has 29 heavy (non-hydrogen) atoms. The number of rotatable bonds is 6. The van der Waals surface area contributed by atoms with Crippen molar-refractivity contribution in [3.63, 3.8) is 0 Å². The summed E-state index contributed by atoms with van der Waals surface area (Å²) in [6.45, 7) is 6.77. The first-order valence-corrected chi connectivity index (χ1v) is 10.0. The molecule has 0 radical (unpaired) electrons. The molecule has 5 nitrogen and oxygen atoms in total. The molecule has 2 aromatic carbocycles. The van der Waals surface area contributed by atoms with E-state index in [2.05, 4.69) is 6.07 Å². The Labute approximate surface area is 172 Å². The van der Waals surface area contributed by atoms with Crippen molar-refractivity contribution in [1.29, 1.82) is 5.26 Å². The summed E-state index contributed by atoms with van der Waals surface area (Å²) in [4.78, 5) is 29.5. The normalized spacial score (nSPS) is 17.1. The Hall–Kier alpha value is -3.13. The number of benzene rings is 2. The van der Waals surface area contributed by atoms with Crippen LogP contribution in [0.1, 0.15) is 42.5 Å². The Kier molecular flexibility index (Phi) is 6.33. The summed E-state index contributed by atoms with van der Waals surface area (Å²) < 4.78 is 0. The predicted octanol–water partition coefficient (Wildman–Crippen LogP) is 4.16. The van der Waals surface area contributed by atoms with Crippen LogP contribution in [0.15, 0.2) is 48.5 Å². The van der Waals surface area contributed by atoms with Crippen LogP contribution in [0.5, 0.6) is 0 Å². The quantitative estimate of drug-likeness (QED) is 0.745.